The SMILES string of the molecule is C=Cc1ccc2c(OS(=O)(=O)C(F)(F)F)c([C@H](OC(C)(C)C)C(=O)OCC)c(C)cc2c1.CCOC(=O)[C@@H](OC(C)(C)C)c1c(C)cc2cc(C(F)F)ccc2c1OS(=O)(=O)C(F)(F)F.CCOC(=O)[C@@H](OC(C)(C)C)c1c(C)cc2cc(C=O)ccc2c1OS(=O)(=O)C(F)(F)F.CCOC(=O)[C@@H](OC(C)(C)C)c1c(C)cc2cc(Cl)ccc2c1OS(=O)(=O)C(F)(F)F. The number of fused-ring (bicyclic) bond motifs is 4. The standard InChI is InChI=1S/C22H25F3O6S.C21H23F5O6S.C21H23F3O7S.C20H22ClF3O6S/c1-7-14-9-10-16-15(12-14)11-13(3)17(18(16)31-32(27,28)22(23,24)25)19(20(26)29-8-2)30-21(4,5)6;1-6-30-19(27)17(31-20(3,4)5)15-11(2)9-13-10-12(18(22)23)7-8-14(13)16(15)32-33(28,29)21(24,25)26;1-6-29-19(26)18(30-20(3,4)5)16-12(2)9-14-10-13(11-25)7-8-15(14)17(16)31-32(27,28)21(22,23)24;1-6-28-18(25)17(29-19(3,4)5)15-11(2)9-12-10-13(21)7-8-14(12)16(15)30-31(26,27)20(22,23)24/h7,9-12,19H,1,8H2,2-6H3;7-10,17-18H,6H2,1-5H3;7-11,18H,6H2,1-5H3;7-10,17H,6H2,1-5H3/t19-;17-;18-;17-/m0000/s1. The highest BCUT2D eigenvalue weighted by Gasteiger charge is 2.54. The molecule has 25 nitrogen and oxygen atoms in total. The summed E-state index contributed by atoms with van der Waals surface area (Å²) >= 11 is 5.97. The van der Waals surface area contributed by atoms with Gasteiger partial charge in [-0.05, 0) is 236 Å². The van der Waals surface area contributed by atoms with E-state index in [0.29, 0.717) is 22.6 Å². The van der Waals surface area contributed by atoms with E-state index in [2.05, 4.69) is 23.3 Å². The molecule has 4 atom stereocenters. The Kier molecular flexibility index (Phi) is 35.3. The third kappa shape index (κ3) is 28.1. The largest absolute Gasteiger partial charge is 0.534 e. The summed E-state index contributed by atoms with van der Waals surface area (Å²) in [5, 5.41) is 0.975. The molecule has 8 rings (SSSR count). The van der Waals surface area contributed by atoms with Crippen molar-refractivity contribution in [1.29, 1.82) is 0 Å². The highest BCUT2D eigenvalue weighted by molar-refractivity contribution is 7.88. The normalized spacial score (nSPS) is 13.8. The summed E-state index contributed by atoms with van der Waals surface area (Å²) in [5.41, 5.74) is -26.3. The van der Waals surface area contributed by atoms with Crippen LogP contribution < -0.4 is 16.7 Å². The molecule has 0 saturated heterocycles. The van der Waals surface area contributed by atoms with E-state index in [-0.39, 0.29) is 114 Å². The van der Waals surface area contributed by atoms with E-state index in [0.717, 1.165) is 18.2 Å². The van der Waals surface area contributed by atoms with Crippen LogP contribution in [0.15, 0.2) is 104 Å². The van der Waals surface area contributed by atoms with Crippen molar-refractivity contribution < 1.29 is 174 Å². The van der Waals surface area contributed by atoms with Gasteiger partial charge < -0.3 is 54.6 Å². The average molecular weight is 1930 g/mol. The van der Waals surface area contributed by atoms with E-state index < -0.39 is 168 Å². The van der Waals surface area contributed by atoms with Crippen molar-refractivity contribution in [1.82, 2.24) is 0 Å². The molecule has 0 fully saturated rings. The van der Waals surface area contributed by atoms with Crippen LogP contribution >= 0.6 is 11.6 Å². The highest BCUT2D eigenvalue weighted by Crippen LogP contribution is 2.49. The Balaban J connectivity index is 0.000000303. The average Bonchev–Trinajstić information content (AvgIpc) is 0.768. The molecule has 0 bridgehead atoms. The number of ether oxygens (including phenoxy) is 8. The highest BCUT2D eigenvalue weighted by atomic mass is 35.5. The zero-order valence-corrected chi connectivity index (χ0v) is 76.3. The van der Waals surface area contributed by atoms with Gasteiger partial charge in [-0.1, -0.05) is 72.8 Å². The number of aldehydes is 1. The number of rotatable bonds is 27. The molecule has 0 radical (unpaired) electrons. The number of hydrogen-bond acceptors (Lipinski definition) is 25. The Morgan fingerprint density at radius 1 is 0.359 bits per heavy atom. The van der Waals surface area contributed by atoms with E-state index in [1.54, 1.807) is 115 Å². The van der Waals surface area contributed by atoms with Gasteiger partial charge >= 0.3 is 86.4 Å². The van der Waals surface area contributed by atoms with Crippen molar-refractivity contribution in [2.24, 2.45) is 0 Å². The zero-order chi connectivity index (χ0) is 98.1. The number of alkyl halides is 14. The maximum Gasteiger partial charge on any atom is 0.534 e. The van der Waals surface area contributed by atoms with Crippen LogP contribution in [0.1, 0.15) is 208 Å². The van der Waals surface area contributed by atoms with Crippen LogP contribution in [0.4, 0.5) is 61.5 Å². The maximum absolute atomic E-state index is 13.2. The van der Waals surface area contributed by atoms with Gasteiger partial charge in [-0.2, -0.15) is 86.4 Å². The Labute approximate surface area is 734 Å². The third-order valence-corrected chi connectivity index (χ3v) is 20.9. The number of esters is 4. The van der Waals surface area contributed by atoms with E-state index >= 15 is 0 Å². The van der Waals surface area contributed by atoms with Crippen LogP contribution in [0, 0.1) is 27.7 Å². The second kappa shape index (κ2) is 41.6. The van der Waals surface area contributed by atoms with Crippen molar-refractivity contribution in [3.63, 3.8) is 0 Å². The van der Waals surface area contributed by atoms with E-state index in [9.17, 15) is 119 Å². The first-order chi connectivity index (χ1) is 58.3. The first-order valence-corrected chi connectivity index (χ1v) is 44.0. The van der Waals surface area contributed by atoms with E-state index in [1.165, 1.54) is 108 Å². The molecule has 0 aliphatic carbocycles. The molecular weight excluding hydrogens is 1840 g/mol. The molecule has 8 aromatic carbocycles. The molecule has 0 saturated carbocycles. The van der Waals surface area contributed by atoms with Gasteiger partial charge in [0, 0.05) is 59.9 Å². The van der Waals surface area contributed by atoms with Gasteiger partial charge in [0.05, 0.1) is 48.8 Å². The molecular formula is C84H93ClF14O25S4. The lowest BCUT2D eigenvalue weighted by atomic mass is 9.95. The fraction of sp³-hybridized carbons (Fsp3) is 0.440. The van der Waals surface area contributed by atoms with Gasteiger partial charge in [-0.25, -0.2) is 28.0 Å². The Morgan fingerprint density at radius 3 is 0.812 bits per heavy atom. The fourth-order valence-corrected chi connectivity index (χ4v) is 14.1. The molecule has 0 N–H and O–H groups in total. The smallest absolute Gasteiger partial charge is 0.464 e. The third-order valence-electron chi connectivity index (χ3n) is 16.9. The van der Waals surface area contributed by atoms with Gasteiger partial charge in [-0.15, -0.1) is 0 Å². The fourth-order valence-electron chi connectivity index (χ4n) is 11.9. The van der Waals surface area contributed by atoms with Crippen LogP contribution in [0.3, 0.4) is 0 Å². The molecule has 8 aromatic rings. The monoisotopic (exact) mass is 1930 g/mol. The summed E-state index contributed by atoms with van der Waals surface area (Å²) in [4.78, 5) is 61.9. The van der Waals surface area contributed by atoms with Gasteiger partial charge in [0.25, 0.3) is 6.43 Å². The van der Waals surface area contributed by atoms with Crippen molar-refractivity contribution in [2.75, 3.05) is 26.4 Å². The summed E-state index contributed by atoms with van der Waals surface area (Å²) in [5.74, 6) is -6.61. The Hall–Kier alpha value is -9.76. The lowest BCUT2D eigenvalue weighted by Gasteiger charge is -2.29. The molecule has 128 heavy (non-hydrogen) atoms. The van der Waals surface area contributed by atoms with Gasteiger partial charge in [0.1, 0.15) is 6.29 Å². The number of halogens is 15. The molecule has 708 valence electrons. The Morgan fingerprint density at radius 2 is 0.586 bits per heavy atom. The predicted molar refractivity (Wildman–Crippen MR) is 443 cm³/mol. The lowest BCUT2D eigenvalue weighted by molar-refractivity contribution is -0.167. The van der Waals surface area contributed by atoms with Gasteiger partial charge in [-0.3, -0.25) is 4.79 Å². The predicted octanol–water partition coefficient (Wildman–Crippen LogP) is 21.2. The number of benzene rings is 8. The van der Waals surface area contributed by atoms with Crippen LogP contribution in [0.25, 0.3) is 49.2 Å². The van der Waals surface area contributed by atoms with Crippen molar-refractivity contribution >= 4 is 131 Å². The summed E-state index contributed by atoms with van der Waals surface area (Å²) in [6, 6.07) is 21.4. The molecule has 0 heterocycles. The van der Waals surface area contributed by atoms with Gasteiger partial charge in [0.15, 0.2) is 47.4 Å². The van der Waals surface area contributed by atoms with Crippen LogP contribution in [-0.4, -0.2) is 135 Å². The summed E-state index contributed by atoms with van der Waals surface area (Å²) < 4.78 is 341. The number of aryl methyl sites for hydroxylation is 4. The van der Waals surface area contributed by atoms with E-state index in [4.69, 9.17) is 49.5 Å². The van der Waals surface area contributed by atoms with Crippen molar-refractivity contribution in [3.05, 3.63) is 170 Å². The first-order valence-electron chi connectivity index (χ1n) is 38.0. The van der Waals surface area contributed by atoms with Crippen molar-refractivity contribution in [3.8, 4) is 23.0 Å². The second-order valence-corrected chi connectivity index (χ2v) is 38.1. The van der Waals surface area contributed by atoms with E-state index in [1.807, 2.05) is 0 Å². The molecule has 0 aliphatic heterocycles. The van der Waals surface area contributed by atoms with Crippen LogP contribution in [-0.2, 0) is 97.5 Å². The zero-order valence-electron chi connectivity index (χ0n) is 72.3. The number of carbonyl (C=O) groups excluding carboxylic acids is 5. The molecule has 0 aromatic heterocycles. The lowest BCUT2D eigenvalue weighted by Crippen LogP contribution is -2.31. The minimum atomic E-state index is -6.18. The molecule has 0 unspecified atom stereocenters. The minimum Gasteiger partial charge on any atom is -0.464 e. The van der Waals surface area contributed by atoms with Crippen molar-refractivity contribution in [2.45, 2.75) is 214 Å². The van der Waals surface area contributed by atoms with Crippen LogP contribution in [0.5, 0.6) is 23.0 Å². The molecule has 0 amide bonds. The summed E-state index contributed by atoms with van der Waals surface area (Å²) in [6.07, 6.45) is -7.14. The van der Waals surface area contributed by atoms with Gasteiger partial charge in [0.2, 0.25) is 0 Å². The number of carbonyl (C=O) groups is 5. The number of hydrogen-bond donors (Lipinski definition) is 0. The quantitative estimate of drug-likeness (QED) is 0.0115. The molecule has 0 spiro atoms. The molecule has 44 heteroatoms. The maximum atomic E-state index is 13.2. The summed E-state index contributed by atoms with van der Waals surface area (Å²) in [6.45, 7) is 34.7. The summed E-state index contributed by atoms with van der Waals surface area (Å²) in [7, 11) is -24.4. The van der Waals surface area contributed by atoms with Crippen LogP contribution in [0.2, 0.25) is 5.02 Å². The second-order valence-electron chi connectivity index (χ2n) is 31.6. The topological polar surface area (TPSA) is 333 Å². The Bertz CT molecular complexity index is 5750. The first kappa shape index (κ1) is 109. The minimum absolute atomic E-state index is 0.00429. The molecule has 0 aliphatic rings.